The first-order valence-electron chi connectivity index (χ1n) is 6.04. The van der Waals surface area contributed by atoms with Crippen molar-refractivity contribution in [1.82, 2.24) is 4.90 Å². The average molecular weight is 235 g/mol. The maximum atomic E-state index is 12.9. The molecule has 1 aromatic carbocycles. The van der Waals surface area contributed by atoms with Crippen LogP contribution in [0.15, 0.2) is 24.3 Å². The molecule has 0 amide bonds. The summed E-state index contributed by atoms with van der Waals surface area (Å²) in [5.41, 5.74) is 0.236. The number of benzene rings is 1. The summed E-state index contributed by atoms with van der Waals surface area (Å²) in [6, 6.07) is 5.87. The number of carbonyl (C=O) groups excluding carboxylic acids is 1. The van der Waals surface area contributed by atoms with Gasteiger partial charge in [-0.3, -0.25) is 9.69 Å². The maximum absolute atomic E-state index is 12.9. The van der Waals surface area contributed by atoms with Gasteiger partial charge in [0.15, 0.2) is 5.78 Å². The molecule has 0 aliphatic heterocycles. The van der Waals surface area contributed by atoms with Crippen molar-refractivity contribution < 1.29 is 9.18 Å². The number of ketones is 1. The molecule has 1 saturated carbocycles. The monoisotopic (exact) mass is 235 g/mol. The van der Waals surface area contributed by atoms with Gasteiger partial charge >= 0.3 is 0 Å². The van der Waals surface area contributed by atoms with Gasteiger partial charge in [0.1, 0.15) is 5.82 Å². The molecule has 2 nitrogen and oxygen atoms in total. The number of Topliss-reactive ketones (excluding diaryl/α,β-unsaturated/α-hetero) is 1. The lowest BCUT2D eigenvalue weighted by Gasteiger charge is -2.34. The van der Waals surface area contributed by atoms with Crippen LogP contribution in [0.2, 0.25) is 0 Å². The third kappa shape index (κ3) is 2.12. The largest absolute Gasteiger partial charge is 0.297 e. The average Bonchev–Trinajstić information content (AvgIpc) is 2.79. The number of likely N-dealkylation sites (N-methyl/N-ethyl adjacent to an activating group) is 1. The quantitative estimate of drug-likeness (QED) is 0.751. The van der Waals surface area contributed by atoms with E-state index in [4.69, 9.17) is 0 Å². The van der Waals surface area contributed by atoms with Gasteiger partial charge in [-0.2, -0.15) is 0 Å². The molecule has 0 aromatic heterocycles. The van der Waals surface area contributed by atoms with Gasteiger partial charge in [-0.1, -0.05) is 12.8 Å². The van der Waals surface area contributed by atoms with E-state index in [-0.39, 0.29) is 17.1 Å². The number of hydrogen-bond acceptors (Lipinski definition) is 2. The minimum atomic E-state index is -0.377. The van der Waals surface area contributed by atoms with Crippen molar-refractivity contribution in [3.8, 4) is 0 Å². The lowest BCUT2D eigenvalue weighted by Crippen LogP contribution is -2.48. The van der Waals surface area contributed by atoms with Crippen LogP contribution >= 0.6 is 0 Å². The SMILES string of the molecule is CN(C)C1(C(=O)c2ccc(F)cc2)CCCC1. The van der Waals surface area contributed by atoms with E-state index >= 15 is 0 Å². The van der Waals surface area contributed by atoms with Crippen molar-refractivity contribution in [2.24, 2.45) is 0 Å². The molecule has 0 N–H and O–H groups in total. The standard InChI is InChI=1S/C14H18FNO/c1-16(2)14(9-3-4-10-14)13(17)11-5-7-12(15)8-6-11/h5-8H,3-4,9-10H2,1-2H3. The zero-order valence-corrected chi connectivity index (χ0v) is 10.4. The van der Waals surface area contributed by atoms with Crippen LogP contribution in [0.4, 0.5) is 4.39 Å². The Morgan fingerprint density at radius 1 is 1.18 bits per heavy atom. The van der Waals surface area contributed by atoms with Gasteiger partial charge in [-0.25, -0.2) is 4.39 Å². The van der Waals surface area contributed by atoms with E-state index in [9.17, 15) is 9.18 Å². The van der Waals surface area contributed by atoms with E-state index in [2.05, 4.69) is 0 Å². The first kappa shape index (κ1) is 12.2. The topological polar surface area (TPSA) is 20.3 Å². The minimum Gasteiger partial charge on any atom is -0.297 e. The van der Waals surface area contributed by atoms with E-state index in [1.807, 2.05) is 19.0 Å². The molecule has 3 heteroatoms. The van der Waals surface area contributed by atoms with Crippen molar-refractivity contribution in [1.29, 1.82) is 0 Å². The second-order valence-electron chi connectivity index (χ2n) is 4.97. The van der Waals surface area contributed by atoms with Crippen LogP contribution < -0.4 is 0 Å². The Hall–Kier alpha value is -1.22. The lowest BCUT2D eigenvalue weighted by atomic mass is 9.86. The fraction of sp³-hybridized carbons (Fsp3) is 0.500. The normalized spacial score (nSPS) is 18.6. The van der Waals surface area contributed by atoms with Crippen molar-refractivity contribution >= 4 is 5.78 Å². The van der Waals surface area contributed by atoms with Crippen molar-refractivity contribution in [3.63, 3.8) is 0 Å². The molecule has 1 aromatic rings. The van der Waals surface area contributed by atoms with E-state index < -0.39 is 0 Å². The van der Waals surface area contributed by atoms with E-state index in [1.54, 1.807) is 12.1 Å². The van der Waals surface area contributed by atoms with Gasteiger partial charge in [0.2, 0.25) is 0 Å². The van der Waals surface area contributed by atoms with Crippen molar-refractivity contribution in [2.45, 2.75) is 31.2 Å². The molecule has 0 unspecified atom stereocenters. The number of rotatable bonds is 3. The predicted molar refractivity (Wildman–Crippen MR) is 65.6 cm³/mol. The first-order valence-corrected chi connectivity index (χ1v) is 6.04. The summed E-state index contributed by atoms with van der Waals surface area (Å²) in [5, 5.41) is 0. The highest BCUT2D eigenvalue weighted by molar-refractivity contribution is 6.03. The van der Waals surface area contributed by atoms with Crippen LogP contribution in [0.1, 0.15) is 36.0 Å². The summed E-state index contributed by atoms with van der Waals surface area (Å²) >= 11 is 0. The van der Waals surface area contributed by atoms with E-state index in [0.717, 1.165) is 25.7 Å². The fourth-order valence-corrected chi connectivity index (χ4v) is 2.71. The third-order valence-electron chi connectivity index (χ3n) is 3.82. The van der Waals surface area contributed by atoms with Crippen molar-refractivity contribution in [2.75, 3.05) is 14.1 Å². The summed E-state index contributed by atoms with van der Waals surface area (Å²) in [6.45, 7) is 0. The number of carbonyl (C=O) groups is 1. The first-order chi connectivity index (χ1) is 8.06. The minimum absolute atomic E-state index is 0.125. The van der Waals surface area contributed by atoms with Gasteiger partial charge in [0.25, 0.3) is 0 Å². The van der Waals surface area contributed by atoms with Crippen LogP contribution in [0.25, 0.3) is 0 Å². The summed E-state index contributed by atoms with van der Waals surface area (Å²) in [7, 11) is 3.90. The molecule has 1 aliphatic rings. The van der Waals surface area contributed by atoms with Crippen molar-refractivity contribution in [3.05, 3.63) is 35.6 Å². The van der Waals surface area contributed by atoms with Crippen LogP contribution in [0.3, 0.4) is 0 Å². The molecule has 0 saturated heterocycles. The Morgan fingerprint density at radius 3 is 2.18 bits per heavy atom. The van der Waals surface area contributed by atoms with E-state index in [0.29, 0.717) is 5.56 Å². The molecule has 0 spiro atoms. The van der Waals surface area contributed by atoms with Gasteiger partial charge in [0.05, 0.1) is 5.54 Å². The molecule has 2 rings (SSSR count). The van der Waals surface area contributed by atoms with Crippen LogP contribution in [-0.2, 0) is 0 Å². The molecular formula is C14H18FNO. The summed E-state index contributed by atoms with van der Waals surface area (Å²) in [5.74, 6) is -0.174. The van der Waals surface area contributed by atoms with Gasteiger partial charge in [-0.15, -0.1) is 0 Å². The molecule has 17 heavy (non-hydrogen) atoms. The summed E-state index contributed by atoms with van der Waals surface area (Å²) in [6.07, 6.45) is 3.97. The highest BCUT2D eigenvalue weighted by Crippen LogP contribution is 2.36. The third-order valence-corrected chi connectivity index (χ3v) is 3.82. The van der Waals surface area contributed by atoms with Crippen LogP contribution in [-0.4, -0.2) is 30.3 Å². The molecule has 92 valence electrons. The highest BCUT2D eigenvalue weighted by atomic mass is 19.1. The van der Waals surface area contributed by atoms with Crippen LogP contribution in [0.5, 0.6) is 0 Å². The number of halogens is 1. The fourth-order valence-electron chi connectivity index (χ4n) is 2.71. The number of nitrogens with zero attached hydrogens (tertiary/aromatic N) is 1. The Balaban J connectivity index is 2.31. The molecule has 0 atom stereocenters. The van der Waals surface area contributed by atoms with E-state index in [1.165, 1.54) is 12.1 Å². The van der Waals surface area contributed by atoms with Crippen LogP contribution in [0, 0.1) is 5.82 Å². The van der Waals surface area contributed by atoms with Gasteiger partial charge in [0, 0.05) is 5.56 Å². The summed E-state index contributed by atoms with van der Waals surface area (Å²) < 4.78 is 12.9. The predicted octanol–water partition coefficient (Wildman–Crippen LogP) is 2.88. The summed E-state index contributed by atoms with van der Waals surface area (Å²) in [4.78, 5) is 14.6. The molecule has 0 heterocycles. The Kier molecular flexibility index (Phi) is 3.29. The smallest absolute Gasteiger partial charge is 0.183 e. The molecular weight excluding hydrogens is 217 g/mol. The second-order valence-corrected chi connectivity index (χ2v) is 4.97. The Labute approximate surface area is 101 Å². The zero-order chi connectivity index (χ0) is 12.5. The maximum Gasteiger partial charge on any atom is 0.183 e. The number of hydrogen-bond donors (Lipinski definition) is 0. The van der Waals surface area contributed by atoms with Gasteiger partial charge < -0.3 is 0 Å². The molecule has 0 radical (unpaired) electrons. The second kappa shape index (κ2) is 4.57. The molecule has 1 fully saturated rings. The zero-order valence-electron chi connectivity index (χ0n) is 10.4. The lowest BCUT2D eigenvalue weighted by molar-refractivity contribution is 0.0693. The van der Waals surface area contributed by atoms with Gasteiger partial charge in [-0.05, 0) is 51.2 Å². The highest BCUT2D eigenvalue weighted by Gasteiger charge is 2.43. The Bertz CT molecular complexity index is 405. The Morgan fingerprint density at radius 2 is 1.71 bits per heavy atom. The molecule has 1 aliphatic carbocycles. The molecule has 0 bridgehead atoms.